The second kappa shape index (κ2) is 11.5. The third kappa shape index (κ3) is 5.31. The number of pyridine rings is 1. The molecule has 11 heteroatoms. The monoisotopic (exact) mass is 584 g/mol. The first-order valence-electron chi connectivity index (χ1n) is 14.8. The van der Waals surface area contributed by atoms with Crippen LogP contribution in [0.15, 0.2) is 51.7 Å². The number of aromatic nitrogens is 2. The summed E-state index contributed by atoms with van der Waals surface area (Å²) < 4.78 is 12.4. The molecule has 1 saturated heterocycles. The lowest BCUT2D eigenvalue weighted by Gasteiger charge is -2.38. The number of aryl methyl sites for hydroxylation is 2. The third-order valence-electron chi connectivity index (χ3n) is 8.56. The van der Waals surface area contributed by atoms with Crippen molar-refractivity contribution in [2.24, 2.45) is 0 Å². The Morgan fingerprint density at radius 1 is 1.07 bits per heavy atom. The molecule has 0 spiro atoms. The molecule has 1 fully saturated rings. The van der Waals surface area contributed by atoms with Crippen LogP contribution in [0.1, 0.15) is 53.7 Å². The van der Waals surface area contributed by atoms with E-state index in [-0.39, 0.29) is 23.7 Å². The molecule has 0 unspecified atom stereocenters. The molecule has 224 valence electrons. The first-order chi connectivity index (χ1) is 20.8. The second-order valence-corrected chi connectivity index (χ2v) is 11.0. The highest BCUT2D eigenvalue weighted by atomic mass is 16.5. The number of anilines is 3. The van der Waals surface area contributed by atoms with Crippen molar-refractivity contribution < 1.29 is 18.7 Å². The van der Waals surface area contributed by atoms with Gasteiger partial charge in [0.25, 0.3) is 0 Å². The number of nitrogens with one attached hydrogen (secondary N) is 1. The standard InChI is InChI=1S/C32H36N6O5/c1-4-19-14-21(16-26-29(19)37(5-2)32(41)43-26)30(39)22-17-27(33)35-28(18-22)36-11-9-23(10-12-36)38-13-8-20-15-24(42-3)6-7-25(20)34-31(38)40/h6-7,14-18,23H,4-5,8-13H2,1-3H3,(H2,33,35)(H,34,40). The largest absolute Gasteiger partial charge is 0.497 e. The first kappa shape index (κ1) is 28.3. The lowest BCUT2D eigenvalue weighted by Crippen LogP contribution is -2.49. The predicted molar refractivity (Wildman–Crippen MR) is 165 cm³/mol. The summed E-state index contributed by atoms with van der Waals surface area (Å²) in [5.74, 6) is 1.01. The number of rotatable bonds is 7. The van der Waals surface area contributed by atoms with Gasteiger partial charge in [0.05, 0.1) is 12.6 Å². The maximum Gasteiger partial charge on any atom is 0.419 e. The van der Waals surface area contributed by atoms with Gasteiger partial charge < -0.3 is 30.0 Å². The van der Waals surface area contributed by atoms with Crippen molar-refractivity contribution in [3.05, 3.63) is 75.3 Å². The van der Waals surface area contributed by atoms with E-state index in [0.29, 0.717) is 55.1 Å². The van der Waals surface area contributed by atoms with Crippen LogP contribution in [0.4, 0.5) is 22.1 Å². The highest BCUT2D eigenvalue weighted by Crippen LogP contribution is 2.30. The summed E-state index contributed by atoms with van der Waals surface area (Å²) in [6, 6.07) is 12.5. The summed E-state index contributed by atoms with van der Waals surface area (Å²) in [6.45, 7) is 6.31. The molecule has 2 aliphatic heterocycles. The minimum Gasteiger partial charge on any atom is -0.497 e. The Hall–Kier alpha value is -4.80. The van der Waals surface area contributed by atoms with Crippen LogP contribution in [0.3, 0.4) is 0 Å². The number of hydrogen-bond acceptors (Lipinski definition) is 8. The summed E-state index contributed by atoms with van der Waals surface area (Å²) in [7, 11) is 1.64. The van der Waals surface area contributed by atoms with Gasteiger partial charge in [0.1, 0.15) is 17.4 Å². The molecule has 6 rings (SSSR count). The van der Waals surface area contributed by atoms with E-state index in [2.05, 4.69) is 15.2 Å². The molecule has 4 aromatic rings. The van der Waals surface area contributed by atoms with Crippen molar-refractivity contribution >= 4 is 40.2 Å². The number of benzene rings is 2. The Bertz CT molecular complexity index is 1770. The topological polar surface area (TPSA) is 136 Å². The fourth-order valence-electron chi connectivity index (χ4n) is 6.28. The van der Waals surface area contributed by atoms with Gasteiger partial charge in [-0.1, -0.05) is 6.92 Å². The molecular weight excluding hydrogens is 548 g/mol. The van der Waals surface area contributed by atoms with Crippen LogP contribution in [0, 0.1) is 0 Å². The molecule has 0 atom stereocenters. The van der Waals surface area contributed by atoms with Gasteiger partial charge in [-0.2, -0.15) is 0 Å². The smallest absolute Gasteiger partial charge is 0.419 e. The molecule has 11 nitrogen and oxygen atoms in total. The van der Waals surface area contributed by atoms with Crippen LogP contribution in [-0.4, -0.2) is 59.1 Å². The molecule has 0 radical (unpaired) electrons. The fourth-order valence-corrected chi connectivity index (χ4v) is 6.28. The maximum absolute atomic E-state index is 13.7. The minimum absolute atomic E-state index is 0.0823. The van der Waals surface area contributed by atoms with Crippen molar-refractivity contribution in [1.82, 2.24) is 14.5 Å². The predicted octanol–water partition coefficient (Wildman–Crippen LogP) is 4.45. The van der Waals surface area contributed by atoms with Crippen LogP contribution in [0.25, 0.3) is 11.1 Å². The molecule has 2 aromatic heterocycles. The zero-order valence-corrected chi connectivity index (χ0v) is 24.7. The number of nitrogen functional groups attached to an aromatic ring is 1. The number of piperidine rings is 1. The zero-order valence-electron chi connectivity index (χ0n) is 24.7. The number of nitrogens with zero attached hydrogens (tertiary/aromatic N) is 4. The molecule has 0 saturated carbocycles. The molecule has 2 amide bonds. The van der Waals surface area contributed by atoms with Crippen LogP contribution >= 0.6 is 0 Å². The van der Waals surface area contributed by atoms with Crippen molar-refractivity contribution in [2.45, 2.75) is 52.1 Å². The molecule has 43 heavy (non-hydrogen) atoms. The quantitative estimate of drug-likeness (QED) is 0.304. The number of hydrogen-bond donors (Lipinski definition) is 2. The highest BCUT2D eigenvalue weighted by Gasteiger charge is 2.31. The molecular formula is C32H36N6O5. The number of ether oxygens (including phenoxy) is 1. The van der Waals surface area contributed by atoms with E-state index in [1.54, 1.807) is 29.9 Å². The van der Waals surface area contributed by atoms with Gasteiger partial charge >= 0.3 is 11.8 Å². The van der Waals surface area contributed by atoms with Gasteiger partial charge in [0, 0.05) is 49.0 Å². The SMILES string of the molecule is CCc1cc(C(=O)c2cc(N)nc(N3CCC(N4CCc5cc(OC)ccc5NC4=O)CC3)c2)cc2oc(=O)n(CC)c12. The Kier molecular flexibility index (Phi) is 7.55. The second-order valence-electron chi connectivity index (χ2n) is 11.0. The number of fused-ring (bicyclic) bond motifs is 2. The van der Waals surface area contributed by atoms with E-state index in [0.717, 1.165) is 47.3 Å². The fraction of sp³-hybridized carbons (Fsp3) is 0.375. The van der Waals surface area contributed by atoms with Crippen LogP contribution in [-0.2, 0) is 19.4 Å². The summed E-state index contributed by atoms with van der Waals surface area (Å²) in [6.07, 6.45) is 2.91. The molecule has 0 aliphatic carbocycles. The van der Waals surface area contributed by atoms with E-state index in [4.69, 9.17) is 14.9 Å². The number of oxazole rings is 1. The Balaban J connectivity index is 1.18. The van der Waals surface area contributed by atoms with E-state index < -0.39 is 5.76 Å². The number of carbonyl (C=O) groups is 2. The summed E-state index contributed by atoms with van der Waals surface area (Å²) in [5.41, 5.74) is 10.9. The van der Waals surface area contributed by atoms with Gasteiger partial charge in [-0.25, -0.2) is 14.6 Å². The zero-order chi connectivity index (χ0) is 30.2. The Morgan fingerprint density at radius 3 is 2.56 bits per heavy atom. The van der Waals surface area contributed by atoms with Crippen molar-refractivity contribution in [2.75, 3.05) is 42.7 Å². The average Bonchev–Trinajstić information content (AvgIpc) is 3.25. The average molecular weight is 585 g/mol. The number of nitrogens with two attached hydrogens (primary N) is 1. The molecule has 2 aromatic carbocycles. The Morgan fingerprint density at radius 2 is 1.84 bits per heavy atom. The third-order valence-corrected chi connectivity index (χ3v) is 8.56. The van der Waals surface area contributed by atoms with Crippen LogP contribution in [0.5, 0.6) is 5.75 Å². The maximum atomic E-state index is 13.7. The highest BCUT2D eigenvalue weighted by molar-refractivity contribution is 6.11. The van der Waals surface area contributed by atoms with Crippen molar-refractivity contribution in [3.63, 3.8) is 0 Å². The van der Waals surface area contributed by atoms with E-state index in [9.17, 15) is 14.4 Å². The summed E-state index contributed by atoms with van der Waals surface area (Å²) >= 11 is 0. The minimum atomic E-state index is -0.432. The Labute approximate surface area is 249 Å². The van der Waals surface area contributed by atoms with Crippen LogP contribution in [0.2, 0.25) is 0 Å². The number of ketones is 1. The van der Waals surface area contributed by atoms with Gasteiger partial charge in [0.15, 0.2) is 11.4 Å². The van der Waals surface area contributed by atoms with E-state index >= 15 is 0 Å². The molecule has 4 heterocycles. The summed E-state index contributed by atoms with van der Waals surface area (Å²) in [4.78, 5) is 47.7. The van der Waals surface area contributed by atoms with Gasteiger partial charge in [0.2, 0.25) is 0 Å². The normalized spacial score (nSPS) is 15.7. The number of methoxy groups -OCH3 is 1. The molecule has 3 N–H and O–H groups in total. The van der Waals surface area contributed by atoms with E-state index in [1.165, 1.54) is 0 Å². The van der Waals surface area contributed by atoms with Gasteiger partial charge in [-0.15, -0.1) is 0 Å². The summed E-state index contributed by atoms with van der Waals surface area (Å²) in [5, 5.41) is 3.06. The van der Waals surface area contributed by atoms with Crippen molar-refractivity contribution in [1.29, 1.82) is 0 Å². The first-order valence-corrected chi connectivity index (χ1v) is 14.8. The lowest BCUT2D eigenvalue weighted by molar-refractivity contribution is 0.103. The molecule has 0 bridgehead atoms. The van der Waals surface area contributed by atoms with Gasteiger partial charge in [-0.3, -0.25) is 9.36 Å². The number of amides is 2. The van der Waals surface area contributed by atoms with Crippen molar-refractivity contribution in [3.8, 4) is 5.75 Å². The van der Waals surface area contributed by atoms with Gasteiger partial charge in [-0.05, 0) is 86.2 Å². The number of urea groups is 1. The van der Waals surface area contributed by atoms with Crippen LogP contribution < -0.4 is 26.4 Å². The molecule has 2 aliphatic rings. The number of carbonyl (C=O) groups excluding carboxylic acids is 2. The lowest BCUT2D eigenvalue weighted by atomic mass is 9.99. The van der Waals surface area contributed by atoms with E-state index in [1.807, 2.05) is 43.0 Å².